The van der Waals surface area contributed by atoms with E-state index in [-0.39, 0.29) is 17.9 Å². The Bertz CT molecular complexity index is 687. The largest absolute Gasteiger partial charge is 0.485 e. The SMILES string of the molecule is CC(C)(C)c1cc(NC(=O)C2COc3ccccc3O2)no1. The summed E-state index contributed by atoms with van der Waals surface area (Å²) in [6, 6.07) is 8.97. The molecule has 22 heavy (non-hydrogen) atoms. The van der Waals surface area contributed by atoms with Gasteiger partial charge in [-0.1, -0.05) is 38.1 Å². The second-order valence-electron chi connectivity index (χ2n) is 6.18. The van der Waals surface area contributed by atoms with Crippen molar-refractivity contribution in [1.29, 1.82) is 0 Å². The Hall–Kier alpha value is -2.50. The monoisotopic (exact) mass is 302 g/mol. The number of nitrogens with one attached hydrogen (secondary N) is 1. The zero-order valence-electron chi connectivity index (χ0n) is 12.8. The first-order valence-corrected chi connectivity index (χ1v) is 7.10. The van der Waals surface area contributed by atoms with E-state index in [0.29, 0.717) is 23.1 Å². The molecule has 1 aliphatic rings. The number of hydrogen-bond donors (Lipinski definition) is 1. The summed E-state index contributed by atoms with van der Waals surface area (Å²) in [6.07, 6.45) is -0.718. The molecule has 1 aliphatic heterocycles. The molecule has 1 N–H and O–H groups in total. The second-order valence-corrected chi connectivity index (χ2v) is 6.18. The zero-order valence-corrected chi connectivity index (χ0v) is 12.8. The highest BCUT2D eigenvalue weighted by atomic mass is 16.6. The molecule has 6 nitrogen and oxygen atoms in total. The minimum atomic E-state index is -0.718. The Morgan fingerprint density at radius 3 is 2.68 bits per heavy atom. The number of hydrogen-bond acceptors (Lipinski definition) is 5. The van der Waals surface area contributed by atoms with Crippen LogP contribution in [0.5, 0.6) is 11.5 Å². The van der Waals surface area contributed by atoms with Crippen molar-refractivity contribution in [2.75, 3.05) is 11.9 Å². The molecule has 1 aromatic carbocycles. The topological polar surface area (TPSA) is 73.6 Å². The quantitative estimate of drug-likeness (QED) is 0.923. The smallest absolute Gasteiger partial charge is 0.270 e. The first-order chi connectivity index (χ1) is 10.4. The molecular weight excluding hydrogens is 284 g/mol. The summed E-state index contributed by atoms with van der Waals surface area (Å²) >= 11 is 0. The Labute approximate surface area is 128 Å². The maximum absolute atomic E-state index is 12.2. The molecule has 1 aromatic heterocycles. The van der Waals surface area contributed by atoms with Crippen LogP contribution in [0.25, 0.3) is 0 Å². The molecule has 6 heteroatoms. The molecule has 1 amide bonds. The van der Waals surface area contributed by atoms with Gasteiger partial charge < -0.3 is 19.3 Å². The summed E-state index contributed by atoms with van der Waals surface area (Å²) in [5.41, 5.74) is -0.167. The van der Waals surface area contributed by atoms with Crippen molar-refractivity contribution in [2.24, 2.45) is 0 Å². The van der Waals surface area contributed by atoms with Crippen LogP contribution in [0, 0.1) is 0 Å². The Balaban J connectivity index is 1.67. The summed E-state index contributed by atoms with van der Waals surface area (Å²) in [7, 11) is 0. The van der Waals surface area contributed by atoms with Crippen molar-refractivity contribution in [1.82, 2.24) is 5.16 Å². The lowest BCUT2D eigenvalue weighted by atomic mass is 9.93. The van der Waals surface area contributed by atoms with Crippen LogP contribution in [0.15, 0.2) is 34.9 Å². The van der Waals surface area contributed by atoms with Gasteiger partial charge in [0.05, 0.1) is 0 Å². The maximum atomic E-state index is 12.2. The van der Waals surface area contributed by atoms with E-state index in [0.717, 1.165) is 0 Å². The van der Waals surface area contributed by atoms with Crippen LogP contribution in [0.1, 0.15) is 26.5 Å². The molecule has 1 unspecified atom stereocenters. The van der Waals surface area contributed by atoms with E-state index in [1.165, 1.54) is 0 Å². The minimum Gasteiger partial charge on any atom is -0.485 e. The highest BCUT2D eigenvalue weighted by Crippen LogP contribution is 2.31. The second kappa shape index (κ2) is 5.36. The molecule has 3 rings (SSSR count). The van der Waals surface area contributed by atoms with Crippen LogP contribution in [0.3, 0.4) is 0 Å². The number of ether oxygens (including phenoxy) is 2. The molecule has 0 aliphatic carbocycles. The van der Waals surface area contributed by atoms with Crippen molar-refractivity contribution in [3.63, 3.8) is 0 Å². The predicted molar refractivity (Wildman–Crippen MR) is 80.2 cm³/mol. The Morgan fingerprint density at radius 1 is 1.27 bits per heavy atom. The first kappa shape index (κ1) is 14.4. The average Bonchev–Trinajstić information content (AvgIpc) is 2.95. The fourth-order valence-corrected chi connectivity index (χ4v) is 2.04. The van der Waals surface area contributed by atoms with E-state index < -0.39 is 6.10 Å². The first-order valence-electron chi connectivity index (χ1n) is 7.10. The van der Waals surface area contributed by atoms with Crippen LogP contribution in [0.2, 0.25) is 0 Å². The van der Waals surface area contributed by atoms with Crippen molar-refractivity contribution in [2.45, 2.75) is 32.3 Å². The van der Waals surface area contributed by atoms with Gasteiger partial charge >= 0.3 is 0 Å². The molecule has 0 bridgehead atoms. The Kier molecular flexibility index (Phi) is 3.52. The zero-order chi connectivity index (χ0) is 15.7. The fourth-order valence-electron chi connectivity index (χ4n) is 2.04. The lowest BCUT2D eigenvalue weighted by Crippen LogP contribution is -2.40. The summed E-state index contributed by atoms with van der Waals surface area (Å²) in [6.45, 7) is 6.18. The van der Waals surface area contributed by atoms with E-state index in [4.69, 9.17) is 14.0 Å². The van der Waals surface area contributed by atoms with Crippen LogP contribution in [-0.2, 0) is 10.2 Å². The molecule has 0 saturated carbocycles. The number of aromatic nitrogens is 1. The van der Waals surface area contributed by atoms with E-state index >= 15 is 0 Å². The molecule has 1 atom stereocenters. The van der Waals surface area contributed by atoms with Crippen LogP contribution < -0.4 is 14.8 Å². The van der Waals surface area contributed by atoms with E-state index in [9.17, 15) is 4.79 Å². The van der Waals surface area contributed by atoms with Gasteiger partial charge in [-0.15, -0.1) is 0 Å². The number of amides is 1. The summed E-state index contributed by atoms with van der Waals surface area (Å²) < 4.78 is 16.4. The van der Waals surface area contributed by atoms with Gasteiger partial charge in [0.15, 0.2) is 17.3 Å². The van der Waals surface area contributed by atoms with Crippen molar-refractivity contribution in [3.05, 3.63) is 36.1 Å². The van der Waals surface area contributed by atoms with Crippen LogP contribution in [-0.4, -0.2) is 23.8 Å². The molecule has 0 saturated heterocycles. The van der Waals surface area contributed by atoms with Crippen LogP contribution in [0.4, 0.5) is 5.82 Å². The van der Waals surface area contributed by atoms with Crippen LogP contribution >= 0.6 is 0 Å². The third-order valence-corrected chi connectivity index (χ3v) is 3.30. The number of benzene rings is 1. The molecule has 0 radical (unpaired) electrons. The van der Waals surface area contributed by atoms with Gasteiger partial charge in [-0.2, -0.15) is 0 Å². The fraction of sp³-hybridized carbons (Fsp3) is 0.375. The van der Waals surface area contributed by atoms with E-state index in [1.807, 2.05) is 32.9 Å². The lowest BCUT2D eigenvalue weighted by Gasteiger charge is -2.25. The van der Waals surface area contributed by atoms with Crippen molar-refractivity contribution < 1.29 is 18.8 Å². The summed E-state index contributed by atoms with van der Waals surface area (Å²) in [5, 5.41) is 6.54. The van der Waals surface area contributed by atoms with Gasteiger partial charge in [-0.25, -0.2) is 0 Å². The highest BCUT2D eigenvalue weighted by Gasteiger charge is 2.28. The minimum absolute atomic E-state index is 0.160. The molecule has 0 spiro atoms. The third-order valence-electron chi connectivity index (χ3n) is 3.30. The predicted octanol–water partition coefficient (Wildman–Crippen LogP) is 2.75. The van der Waals surface area contributed by atoms with Crippen molar-refractivity contribution in [3.8, 4) is 11.5 Å². The molecule has 2 aromatic rings. The standard InChI is InChI=1S/C16H18N2O4/c1-16(2,3)13-8-14(18-22-13)17-15(19)12-9-20-10-6-4-5-7-11(10)21-12/h4-8,12H,9H2,1-3H3,(H,17,18,19). The van der Waals surface area contributed by atoms with Gasteiger partial charge in [-0.05, 0) is 12.1 Å². The number of carbonyl (C=O) groups excluding carboxylic acids is 1. The molecular formula is C16H18N2O4. The normalized spacial score (nSPS) is 17.1. The summed E-state index contributed by atoms with van der Waals surface area (Å²) in [5.74, 6) is 1.96. The highest BCUT2D eigenvalue weighted by molar-refractivity contribution is 5.93. The average molecular weight is 302 g/mol. The van der Waals surface area contributed by atoms with Gasteiger partial charge in [0.25, 0.3) is 5.91 Å². The third kappa shape index (κ3) is 2.90. The number of anilines is 1. The van der Waals surface area contributed by atoms with Gasteiger partial charge in [0, 0.05) is 11.5 Å². The number of rotatable bonds is 2. The van der Waals surface area contributed by atoms with Gasteiger partial charge in [0.2, 0.25) is 6.10 Å². The lowest BCUT2D eigenvalue weighted by molar-refractivity contribution is -0.125. The van der Waals surface area contributed by atoms with Gasteiger partial charge in [0.1, 0.15) is 12.4 Å². The van der Waals surface area contributed by atoms with E-state index in [1.54, 1.807) is 18.2 Å². The number of fused-ring (bicyclic) bond motifs is 1. The Morgan fingerprint density at radius 2 is 2.00 bits per heavy atom. The molecule has 116 valence electrons. The van der Waals surface area contributed by atoms with Gasteiger partial charge in [-0.3, -0.25) is 4.79 Å². The number of nitrogens with zero attached hydrogens (tertiary/aromatic N) is 1. The summed E-state index contributed by atoms with van der Waals surface area (Å²) in [4.78, 5) is 12.2. The number of para-hydroxylation sites is 2. The number of carbonyl (C=O) groups is 1. The molecule has 2 heterocycles. The maximum Gasteiger partial charge on any atom is 0.270 e. The van der Waals surface area contributed by atoms with Crippen molar-refractivity contribution >= 4 is 11.7 Å². The van der Waals surface area contributed by atoms with E-state index in [2.05, 4.69) is 10.5 Å². The molecule has 0 fully saturated rings.